The van der Waals surface area contributed by atoms with Crippen LogP contribution < -0.4 is 14.9 Å². The van der Waals surface area contributed by atoms with E-state index in [1.807, 2.05) is 45.9 Å². The van der Waals surface area contributed by atoms with Crippen molar-refractivity contribution in [1.82, 2.24) is 0 Å². The molecule has 6 heteroatoms. The third kappa shape index (κ3) is 5.00. The van der Waals surface area contributed by atoms with Crippen LogP contribution in [0.15, 0.2) is 51.9 Å². The number of carbonyl (C=O) groups is 1. The molecule has 1 aromatic heterocycles. The number of esters is 1. The van der Waals surface area contributed by atoms with Gasteiger partial charge in [-0.3, -0.25) is 4.79 Å². The van der Waals surface area contributed by atoms with Crippen LogP contribution in [0.4, 0.5) is 0 Å². The molecule has 2 atom stereocenters. The van der Waals surface area contributed by atoms with Crippen molar-refractivity contribution >= 4 is 16.9 Å². The number of aryl methyl sites for hydroxylation is 2. The topological polar surface area (TPSA) is 75.0 Å². The summed E-state index contributed by atoms with van der Waals surface area (Å²) in [4.78, 5) is 24.9. The van der Waals surface area contributed by atoms with Crippen molar-refractivity contribution in [1.29, 1.82) is 0 Å². The summed E-state index contributed by atoms with van der Waals surface area (Å²) < 4.78 is 22.3. The molecule has 0 unspecified atom stereocenters. The van der Waals surface area contributed by atoms with Crippen LogP contribution >= 0.6 is 0 Å². The molecule has 3 aromatic rings. The summed E-state index contributed by atoms with van der Waals surface area (Å²) in [6, 6.07) is 10.5. The summed E-state index contributed by atoms with van der Waals surface area (Å²) >= 11 is 0. The summed E-state index contributed by atoms with van der Waals surface area (Å²) in [7, 11) is 0. The van der Waals surface area contributed by atoms with E-state index in [1.165, 1.54) is 6.26 Å². The van der Waals surface area contributed by atoms with Gasteiger partial charge in [0.2, 0.25) is 11.2 Å². The van der Waals surface area contributed by atoms with Gasteiger partial charge in [-0.15, -0.1) is 0 Å². The molecular formula is C24H26O6. The monoisotopic (exact) mass is 410 g/mol. The second-order valence-electron chi connectivity index (χ2n) is 7.43. The second kappa shape index (κ2) is 9.03. The van der Waals surface area contributed by atoms with Gasteiger partial charge in [0.15, 0.2) is 6.10 Å². The maximum Gasteiger partial charge on any atom is 0.347 e. The van der Waals surface area contributed by atoms with Crippen LogP contribution in [-0.2, 0) is 9.53 Å². The lowest BCUT2D eigenvalue weighted by molar-refractivity contribution is -0.155. The molecule has 0 aliphatic heterocycles. The number of fused-ring (bicyclic) bond motifs is 1. The highest BCUT2D eigenvalue weighted by molar-refractivity contribution is 5.79. The Balaban J connectivity index is 1.80. The molecular weight excluding hydrogens is 384 g/mol. The summed E-state index contributed by atoms with van der Waals surface area (Å²) in [5, 5.41) is 0.360. The first kappa shape index (κ1) is 21.4. The predicted octanol–water partition coefficient (Wildman–Crippen LogP) is 5.31. The normalized spacial score (nSPS) is 13.0. The molecule has 0 N–H and O–H groups in total. The van der Waals surface area contributed by atoms with Crippen molar-refractivity contribution in [3.05, 3.63) is 64.0 Å². The number of hydrogen-bond donors (Lipinski definition) is 0. The van der Waals surface area contributed by atoms with Gasteiger partial charge in [-0.1, -0.05) is 13.0 Å². The predicted molar refractivity (Wildman–Crippen MR) is 114 cm³/mol. The van der Waals surface area contributed by atoms with E-state index in [9.17, 15) is 9.59 Å². The van der Waals surface area contributed by atoms with Crippen LogP contribution in [0.5, 0.6) is 17.2 Å². The van der Waals surface area contributed by atoms with E-state index in [0.717, 1.165) is 17.5 Å². The Labute approximate surface area is 175 Å². The Hall–Kier alpha value is -3.28. The van der Waals surface area contributed by atoms with Gasteiger partial charge in [0, 0.05) is 6.07 Å². The van der Waals surface area contributed by atoms with Gasteiger partial charge >= 0.3 is 5.97 Å². The maximum atomic E-state index is 12.8. The van der Waals surface area contributed by atoms with Crippen molar-refractivity contribution in [2.75, 3.05) is 0 Å². The molecule has 3 rings (SSSR count). The lowest BCUT2D eigenvalue weighted by Gasteiger charge is -2.17. The van der Waals surface area contributed by atoms with E-state index < -0.39 is 12.1 Å². The van der Waals surface area contributed by atoms with Crippen LogP contribution in [0.2, 0.25) is 0 Å². The Morgan fingerprint density at radius 3 is 2.40 bits per heavy atom. The standard InChI is InChI=1S/C24H26O6/c1-6-16(4)28-24(26)17(5)29-18-7-8-20-21(12-18)27-13-22(23(20)25)30-19-10-14(2)9-15(3)11-19/h7-13,16-17H,6H2,1-5H3/t16-,17+/m0/s1. The van der Waals surface area contributed by atoms with E-state index in [1.54, 1.807) is 25.1 Å². The molecule has 0 saturated heterocycles. The third-order valence-corrected chi connectivity index (χ3v) is 4.67. The van der Waals surface area contributed by atoms with E-state index in [-0.39, 0.29) is 17.3 Å². The van der Waals surface area contributed by atoms with E-state index in [4.69, 9.17) is 18.6 Å². The van der Waals surface area contributed by atoms with E-state index in [2.05, 4.69) is 0 Å². The first-order chi connectivity index (χ1) is 14.3. The maximum absolute atomic E-state index is 12.8. The molecule has 0 fully saturated rings. The minimum absolute atomic E-state index is 0.103. The van der Waals surface area contributed by atoms with Crippen LogP contribution in [0.25, 0.3) is 11.0 Å². The summed E-state index contributed by atoms with van der Waals surface area (Å²) in [5.41, 5.74) is 2.13. The first-order valence-electron chi connectivity index (χ1n) is 9.95. The highest BCUT2D eigenvalue weighted by Gasteiger charge is 2.19. The molecule has 0 amide bonds. The zero-order chi connectivity index (χ0) is 21.8. The fraction of sp³-hybridized carbons (Fsp3) is 0.333. The molecule has 0 aliphatic rings. The SMILES string of the molecule is CC[C@H](C)OC(=O)[C@@H](C)Oc1ccc2c(=O)c(Oc3cc(C)cc(C)c3)coc2c1. The Kier molecular flexibility index (Phi) is 6.45. The van der Waals surface area contributed by atoms with Crippen molar-refractivity contribution < 1.29 is 23.4 Å². The largest absolute Gasteiger partial charge is 0.479 e. The smallest absolute Gasteiger partial charge is 0.347 e. The van der Waals surface area contributed by atoms with Gasteiger partial charge in [0.05, 0.1) is 11.5 Å². The summed E-state index contributed by atoms with van der Waals surface area (Å²) in [5.74, 6) is 0.643. The van der Waals surface area contributed by atoms with Gasteiger partial charge in [-0.2, -0.15) is 0 Å². The fourth-order valence-electron chi connectivity index (χ4n) is 2.98. The zero-order valence-corrected chi connectivity index (χ0v) is 17.9. The van der Waals surface area contributed by atoms with Crippen molar-refractivity contribution in [3.63, 3.8) is 0 Å². The minimum Gasteiger partial charge on any atom is -0.479 e. The second-order valence-corrected chi connectivity index (χ2v) is 7.43. The van der Waals surface area contributed by atoms with E-state index >= 15 is 0 Å². The number of ether oxygens (including phenoxy) is 3. The molecule has 0 spiro atoms. The summed E-state index contributed by atoms with van der Waals surface area (Å²) in [6.45, 7) is 9.31. The molecule has 6 nitrogen and oxygen atoms in total. The summed E-state index contributed by atoms with van der Waals surface area (Å²) in [6.07, 6.45) is 1.06. The number of benzene rings is 2. The van der Waals surface area contributed by atoms with E-state index in [0.29, 0.717) is 22.5 Å². The molecule has 30 heavy (non-hydrogen) atoms. The quantitative estimate of drug-likeness (QED) is 0.491. The van der Waals surface area contributed by atoms with Gasteiger partial charge in [0.25, 0.3) is 0 Å². The molecule has 0 bridgehead atoms. The van der Waals surface area contributed by atoms with Crippen molar-refractivity contribution in [3.8, 4) is 17.2 Å². The van der Waals surface area contributed by atoms with Crippen LogP contribution in [0, 0.1) is 13.8 Å². The molecule has 1 heterocycles. The molecule has 0 aliphatic carbocycles. The molecule has 158 valence electrons. The minimum atomic E-state index is -0.782. The Bertz CT molecular complexity index is 1090. The van der Waals surface area contributed by atoms with Gasteiger partial charge in [-0.05, 0) is 69.5 Å². The van der Waals surface area contributed by atoms with Crippen LogP contribution in [-0.4, -0.2) is 18.2 Å². The Morgan fingerprint density at radius 1 is 1.03 bits per heavy atom. The van der Waals surface area contributed by atoms with Gasteiger partial charge in [-0.25, -0.2) is 4.79 Å². The lowest BCUT2D eigenvalue weighted by atomic mass is 10.1. The molecule has 2 aromatic carbocycles. The number of rotatable bonds is 7. The average molecular weight is 410 g/mol. The van der Waals surface area contributed by atoms with Gasteiger partial charge in [0.1, 0.15) is 23.3 Å². The van der Waals surface area contributed by atoms with Crippen molar-refractivity contribution in [2.45, 2.75) is 53.2 Å². The van der Waals surface area contributed by atoms with Crippen LogP contribution in [0.1, 0.15) is 38.3 Å². The highest BCUT2D eigenvalue weighted by Crippen LogP contribution is 2.26. The molecule has 0 radical (unpaired) electrons. The van der Waals surface area contributed by atoms with Crippen LogP contribution in [0.3, 0.4) is 0 Å². The average Bonchev–Trinajstić information content (AvgIpc) is 2.69. The Morgan fingerprint density at radius 2 is 1.73 bits per heavy atom. The highest BCUT2D eigenvalue weighted by atomic mass is 16.6. The number of carbonyl (C=O) groups excluding carboxylic acids is 1. The number of hydrogen-bond acceptors (Lipinski definition) is 6. The lowest BCUT2D eigenvalue weighted by Crippen LogP contribution is -2.29. The zero-order valence-electron chi connectivity index (χ0n) is 17.9. The fourth-order valence-corrected chi connectivity index (χ4v) is 2.98. The first-order valence-corrected chi connectivity index (χ1v) is 9.95. The third-order valence-electron chi connectivity index (χ3n) is 4.67. The molecule has 0 saturated carbocycles. The van der Waals surface area contributed by atoms with Crippen molar-refractivity contribution in [2.24, 2.45) is 0 Å². The van der Waals surface area contributed by atoms with Gasteiger partial charge < -0.3 is 18.6 Å².